The van der Waals surface area contributed by atoms with Gasteiger partial charge in [0.1, 0.15) is 5.82 Å². The first kappa shape index (κ1) is 24.8. The van der Waals surface area contributed by atoms with Crippen LogP contribution in [0, 0.1) is 0 Å². The Morgan fingerprint density at radius 1 is 1.16 bits per heavy atom. The second kappa shape index (κ2) is 8.91. The van der Waals surface area contributed by atoms with Gasteiger partial charge in [-0.15, -0.1) is 0 Å². The standard InChI is InChI=1S/C24H22F5N7O/c1-34-20-17-9-14(3-6-19(17)33-21(30)18(20)11-32-34)22(37)36(35-8-2-7-23(25,26)13-35)12-16-5-4-15(10-31-16)24(27,28)29/h3-6,9-11H,2,7-8,12-13H2,1H3,(H2,30,33). The van der Waals surface area contributed by atoms with Gasteiger partial charge in [0.15, 0.2) is 0 Å². The normalized spacial score (nSPS) is 16.4. The van der Waals surface area contributed by atoms with Crippen LogP contribution in [-0.2, 0) is 19.8 Å². The molecule has 0 bridgehead atoms. The fourth-order valence-corrected chi connectivity index (χ4v) is 4.53. The van der Waals surface area contributed by atoms with Crippen molar-refractivity contribution in [2.75, 3.05) is 18.8 Å². The number of benzene rings is 1. The number of nitrogen functional groups attached to an aromatic ring is 1. The number of carbonyl (C=O) groups is 1. The minimum absolute atomic E-state index is 0.125. The van der Waals surface area contributed by atoms with E-state index in [0.29, 0.717) is 28.0 Å². The Bertz CT molecular complexity index is 1480. The van der Waals surface area contributed by atoms with Crippen molar-refractivity contribution in [1.82, 2.24) is 29.8 Å². The van der Waals surface area contributed by atoms with Crippen LogP contribution in [0.2, 0.25) is 0 Å². The highest BCUT2D eigenvalue weighted by Gasteiger charge is 2.39. The summed E-state index contributed by atoms with van der Waals surface area (Å²) in [7, 11) is 1.72. The second-order valence-electron chi connectivity index (χ2n) is 9.01. The molecule has 8 nitrogen and oxygen atoms in total. The van der Waals surface area contributed by atoms with E-state index >= 15 is 0 Å². The molecule has 37 heavy (non-hydrogen) atoms. The Balaban J connectivity index is 1.54. The molecule has 0 spiro atoms. The minimum atomic E-state index is -4.57. The first-order valence-corrected chi connectivity index (χ1v) is 11.4. The number of amides is 1. The number of hydrazine groups is 1. The molecule has 2 N–H and O–H groups in total. The average molecular weight is 519 g/mol. The highest BCUT2D eigenvalue weighted by Crippen LogP contribution is 2.32. The first-order valence-electron chi connectivity index (χ1n) is 11.4. The maximum absolute atomic E-state index is 14.3. The maximum atomic E-state index is 14.3. The maximum Gasteiger partial charge on any atom is 0.417 e. The van der Waals surface area contributed by atoms with Crippen LogP contribution in [0.25, 0.3) is 21.8 Å². The van der Waals surface area contributed by atoms with Gasteiger partial charge in [-0.2, -0.15) is 18.3 Å². The molecule has 0 atom stereocenters. The number of aromatic nitrogens is 4. The highest BCUT2D eigenvalue weighted by molar-refractivity contribution is 6.10. The van der Waals surface area contributed by atoms with Gasteiger partial charge in [0.2, 0.25) is 0 Å². The molecular weight excluding hydrogens is 497 g/mol. The fraction of sp³-hybridized carbons (Fsp3) is 0.333. The molecule has 0 saturated carbocycles. The number of nitrogens with zero attached hydrogens (tertiary/aromatic N) is 6. The molecule has 1 aliphatic heterocycles. The molecule has 5 rings (SSSR count). The summed E-state index contributed by atoms with van der Waals surface area (Å²) >= 11 is 0. The van der Waals surface area contributed by atoms with Gasteiger partial charge in [-0.05, 0) is 36.8 Å². The second-order valence-corrected chi connectivity index (χ2v) is 9.01. The van der Waals surface area contributed by atoms with Crippen LogP contribution < -0.4 is 5.73 Å². The van der Waals surface area contributed by atoms with Crippen molar-refractivity contribution in [3.05, 3.63) is 59.5 Å². The molecule has 4 aromatic rings. The summed E-state index contributed by atoms with van der Waals surface area (Å²) in [6, 6.07) is 6.68. The van der Waals surface area contributed by atoms with Crippen LogP contribution in [0.1, 0.15) is 34.5 Å². The number of anilines is 1. The van der Waals surface area contributed by atoms with Crippen molar-refractivity contribution >= 4 is 33.5 Å². The number of pyridine rings is 2. The van der Waals surface area contributed by atoms with E-state index < -0.39 is 30.1 Å². The molecule has 3 aromatic heterocycles. The molecule has 1 aliphatic rings. The van der Waals surface area contributed by atoms with Gasteiger partial charge < -0.3 is 5.73 Å². The van der Waals surface area contributed by atoms with Crippen LogP contribution in [0.3, 0.4) is 0 Å². The van der Waals surface area contributed by atoms with Crippen molar-refractivity contribution < 1.29 is 26.7 Å². The molecule has 1 amide bonds. The number of nitrogens with two attached hydrogens (primary N) is 1. The molecule has 0 aliphatic carbocycles. The molecule has 1 saturated heterocycles. The zero-order valence-electron chi connectivity index (χ0n) is 19.6. The van der Waals surface area contributed by atoms with Crippen LogP contribution in [-0.4, -0.2) is 54.7 Å². The molecule has 4 heterocycles. The van der Waals surface area contributed by atoms with Crippen molar-refractivity contribution in [2.45, 2.75) is 31.5 Å². The number of aryl methyl sites for hydroxylation is 1. The number of rotatable bonds is 4. The lowest BCUT2D eigenvalue weighted by Gasteiger charge is -2.40. The largest absolute Gasteiger partial charge is 0.417 e. The zero-order valence-corrected chi connectivity index (χ0v) is 19.6. The molecule has 0 unspecified atom stereocenters. The molecule has 194 valence electrons. The van der Waals surface area contributed by atoms with E-state index in [4.69, 9.17) is 5.73 Å². The summed E-state index contributed by atoms with van der Waals surface area (Å²) in [5.74, 6) is -3.34. The van der Waals surface area contributed by atoms with Gasteiger partial charge >= 0.3 is 6.18 Å². The van der Waals surface area contributed by atoms with Gasteiger partial charge in [0, 0.05) is 37.2 Å². The van der Waals surface area contributed by atoms with E-state index in [1.54, 1.807) is 30.1 Å². The van der Waals surface area contributed by atoms with Crippen molar-refractivity contribution in [2.24, 2.45) is 7.05 Å². The summed E-state index contributed by atoms with van der Waals surface area (Å²) in [5, 5.41) is 7.75. The number of hydrogen-bond acceptors (Lipinski definition) is 6. The van der Waals surface area contributed by atoms with Crippen LogP contribution >= 0.6 is 0 Å². The lowest BCUT2D eigenvalue weighted by molar-refractivity contribution is -0.138. The number of fused-ring (bicyclic) bond motifs is 3. The van der Waals surface area contributed by atoms with Crippen molar-refractivity contribution in [3.63, 3.8) is 0 Å². The predicted molar refractivity (Wildman–Crippen MR) is 125 cm³/mol. The number of piperidine rings is 1. The van der Waals surface area contributed by atoms with Crippen molar-refractivity contribution in [1.29, 1.82) is 0 Å². The van der Waals surface area contributed by atoms with E-state index in [0.717, 1.165) is 17.1 Å². The Morgan fingerprint density at radius 2 is 1.95 bits per heavy atom. The molecule has 1 fully saturated rings. The van der Waals surface area contributed by atoms with Crippen LogP contribution in [0.15, 0.2) is 42.7 Å². The third-order valence-corrected chi connectivity index (χ3v) is 6.37. The Morgan fingerprint density at radius 3 is 2.62 bits per heavy atom. The summed E-state index contributed by atoms with van der Waals surface area (Å²) in [6.07, 6.45) is -2.52. The van der Waals surface area contributed by atoms with Gasteiger partial charge in [0.25, 0.3) is 11.8 Å². The fourth-order valence-electron chi connectivity index (χ4n) is 4.53. The zero-order chi connectivity index (χ0) is 26.5. The number of carbonyl (C=O) groups excluding carboxylic acids is 1. The SMILES string of the molecule is Cn1ncc2c(N)nc3ccc(C(=O)N(Cc4ccc(C(F)(F)F)cn4)N4CCCC(F)(F)C4)cc3c21. The summed E-state index contributed by atoms with van der Waals surface area (Å²) in [4.78, 5) is 21.9. The number of alkyl halides is 5. The van der Waals surface area contributed by atoms with E-state index in [1.807, 2.05) is 0 Å². The van der Waals surface area contributed by atoms with Crippen LogP contribution in [0.5, 0.6) is 0 Å². The Labute approximate surface area is 207 Å². The Hall–Kier alpha value is -3.87. The average Bonchev–Trinajstić information content (AvgIpc) is 3.23. The van der Waals surface area contributed by atoms with Gasteiger partial charge in [-0.1, -0.05) is 0 Å². The summed E-state index contributed by atoms with van der Waals surface area (Å²) in [5.41, 5.74) is 6.57. The van der Waals surface area contributed by atoms with E-state index in [9.17, 15) is 26.7 Å². The van der Waals surface area contributed by atoms with Gasteiger partial charge in [-0.3, -0.25) is 19.5 Å². The smallest absolute Gasteiger partial charge is 0.383 e. The first-order chi connectivity index (χ1) is 17.4. The third kappa shape index (κ3) is 4.78. The predicted octanol–water partition coefficient (Wildman–Crippen LogP) is 4.41. The quantitative estimate of drug-likeness (QED) is 0.402. The van der Waals surface area contributed by atoms with E-state index in [-0.39, 0.29) is 43.0 Å². The molecule has 13 heteroatoms. The minimum Gasteiger partial charge on any atom is -0.383 e. The summed E-state index contributed by atoms with van der Waals surface area (Å²) < 4.78 is 69.0. The molecule has 1 aromatic carbocycles. The number of hydrogen-bond donors (Lipinski definition) is 1. The topological polar surface area (TPSA) is 93.2 Å². The number of halogens is 5. The lowest BCUT2D eigenvalue weighted by atomic mass is 10.1. The van der Waals surface area contributed by atoms with E-state index in [2.05, 4.69) is 15.1 Å². The lowest BCUT2D eigenvalue weighted by Crippen LogP contribution is -2.53. The Kier molecular flexibility index (Phi) is 5.97. The highest BCUT2D eigenvalue weighted by atomic mass is 19.4. The molecular formula is C24H22F5N7O. The van der Waals surface area contributed by atoms with Crippen LogP contribution in [0.4, 0.5) is 27.8 Å². The van der Waals surface area contributed by atoms with Crippen molar-refractivity contribution in [3.8, 4) is 0 Å². The third-order valence-electron chi connectivity index (χ3n) is 6.37. The van der Waals surface area contributed by atoms with Gasteiger partial charge in [0.05, 0.1) is 47.0 Å². The summed E-state index contributed by atoms with van der Waals surface area (Å²) in [6.45, 7) is -0.803. The van der Waals surface area contributed by atoms with E-state index in [1.165, 1.54) is 11.1 Å². The van der Waals surface area contributed by atoms with Gasteiger partial charge in [-0.25, -0.2) is 18.8 Å². The monoisotopic (exact) mass is 519 g/mol. The molecule has 0 radical (unpaired) electrons.